The molecule has 2 aromatic heterocycles. The molecule has 1 aliphatic rings. The normalized spacial score (nSPS) is 18.0. The van der Waals surface area contributed by atoms with Gasteiger partial charge in [0.25, 0.3) is 5.78 Å². The average molecular weight is 187 g/mol. The largest absolute Gasteiger partial charge is 0.253 e. The average Bonchev–Trinajstić information content (AvgIpc) is 2.86. The van der Waals surface area contributed by atoms with Crippen LogP contribution in [0.4, 0.5) is 0 Å². The fraction of sp³-hybridized carbons (Fsp3) is 0.500. The summed E-state index contributed by atoms with van der Waals surface area (Å²) < 4.78 is 1.63. The van der Waals surface area contributed by atoms with E-state index in [0.29, 0.717) is 11.7 Å². The van der Waals surface area contributed by atoms with Gasteiger partial charge in [-0.1, -0.05) is 12.8 Å². The quantitative estimate of drug-likeness (QED) is 0.680. The topological polar surface area (TPSA) is 43.1 Å². The summed E-state index contributed by atoms with van der Waals surface area (Å²) in [5, 5.41) is 4.38. The second kappa shape index (κ2) is 3.04. The molecule has 0 amide bonds. The molecule has 2 heterocycles. The van der Waals surface area contributed by atoms with Gasteiger partial charge < -0.3 is 0 Å². The van der Waals surface area contributed by atoms with Crippen LogP contribution in [-0.2, 0) is 0 Å². The van der Waals surface area contributed by atoms with Gasteiger partial charge in [0.2, 0.25) is 0 Å². The molecule has 0 saturated heterocycles. The minimum atomic E-state index is 0.546. The second-order valence-corrected chi connectivity index (χ2v) is 3.74. The second-order valence-electron chi connectivity index (χ2n) is 3.74. The molecule has 0 N–H and O–H groups in total. The molecule has 0 spiro atoms. The zero-order valence-corrected chi connectivity index (χ0v) is 7.85. The molecule has 1 aliphatic carbocycles. The number of fused-ring (bicyclic) bond motifs is 1. The summed E-state index contributed by atoms with van der Waals surface area (Å²) in [4.78, 5) is 8.54. The van der Waals surface area contributed by atoms with Crippen molar-refractivity contribution in [3.8, 4) is 0 Å². The standard InChI is InChI=1S/C10H11N4/c1-2-5-8(4-1)9-12-10-11-6-3-7-14(10)13-9/h3,6,8H,1-2,4-5H2. The Kier molecular flexibility index (Phi) is 1.72. The fourth-order valence-corrected chi connectivity index (χ4v) is 2.05. The van der Waals surface area contributed by atoms with Crippen molar-refractivity contribution < 1.29 is 0 Å². The first-order valence-corrected chi connectivity index (χ1v) is 5.03. The van der Waals surface area contributed by atoms with Gasteiger partial charge >= 0.3 is 0 Å². The Morgan fingerprint density at radius 1 is 1.36 bits per heavy atom. The summed E-state index contributed by atoms with van der Waals surface area (Å²) in [6.45, 7) is 0. The maximum Gasteiger partial charge on any atom is 0.253 e. The van der Waals surface area contributed by atoms with Crippen LogP contribution in [0.25, 0.3) is 5.78 Å². The van der Waals surface area contributed by atoms with Gasteiger partial charge in [0.1, 0.15) is 0 Å². The molecule has 1 saturated carbocycles. The molecule has 2 aromatic rings. The van der Waals surface area contributed by atoms with Crippen LogP contribution in [0.5, 0.6) is 0 Å². The SMILES string of the molecule is [c]1ccnc2nc(C3CCCC3)nn12. The Labute approximate surface area is 82.0 Å². The van der Waals surface area contributed by atoms with Gasteiger partial charge in [-0.05, 0) is 18.9 Å². The van der Waals surface area contributed by atoms with Crippen LogP contribution in [-0.4, -0.2) is 19.6 Å². The van der Waals surface area contributed by atoms with Crippen molar-refractivity contribution in [2.24, 2.45) is 0 Å². The monoisotopic (exact) mass is 187 g/mol. The Hall–Kier alpha value is -1.45. The summed E-state index contributed by atoms with van der Waals surface area (Å²) in [5.74, 6) is 2.15. The number of hydrogen-bond donors (Lipinski definition) is 0. The van der Waals surface area contributed by atoms with Gasteiger partial charge in [0.05, 0.1) is 6.20 Å². The highest BCUT2D eigenvalue weighted by Crippen LogP contribution is 2.31. The molecular formula is C10H11N4. The van der Waals surface area contributed by atoms with Gasteiger partial charge in [-0.2, -0.15) is 9.50 Å². The van der Waals surface area contributed by atoms with Crippen LogP contribution in [0.1, 0.15) is 37.4 Å². The minimum absolute atomic E-state index is 0.546. The van der Waals surface area contributed by atoms with E-state index < -0.39 is 0 Å². The van der Waals surface area contributed by atoms with Gasteiger partial charge in [-0.25, -0.2) is 4.98 Å². The Bertz CT molecular complexity index is 409. The van der Waals surface area contributed by atoms with Crippen LogP contribution in [0, 0.1) is 6.20 Å². The molecule has 0 bridgehead atoms. The molecule has 0 aliphatic heterocycles. The Morgan fingerprint density at radius 3 is 3.00 bits per heavy atom. The predicted molar refractivity (Wildman–Crippen MR) is 50.8 cm³/mol. The van der Waals surface area contributed by atoms with Crippen molar-refractivity contribution >= 4 is 5.78 Å². The highest BCUT2D eigenvalue weighted by molar-refractivity contribution is 5.25. The lowest BCUT2D eigenvalue weighted by Crippen LogP contribution is -1.95. The maximum absolute atomic E-state index is 4.40. The molecule has 0 aromatic carbocycles. The van der Waals surface area contributed by atoms with Crippen molar-refractivity contribution in [3.05, 3.63) is 24.3 Å². The van der Waals surface area contributed by atoms with Crippen molar-refractivity contribution in [2.45, 2.75) is 31.6 Å². The molecule has 0 atom stereocenters. The fourth-order valence-electron chi connectivity index (χ4n) is 2.05. The maximum atomic E-state index is 4.40. The van der Waals surface area contributed by atoms with Crippen LogP contribution in [0.2, 0.25) is 0 Å². The van der Waals surface area contributed by atoms with Gasteiger partial charge in [-0.3, -0.25) is 0 Å². The van der Waals surface area contributed by atoms with Crippen molar-refractivity contribution in [2.75, 3.05) is 0 Å². The molecule has 4 nitrogen and oxygen atoms in total. The molecule has 1 radical (unpaired) electrons. The van der Waals surface area contributed by atoms with E-state index in [1.807, 2.05) is 0 Å². The van der Waals surface area contributed by atoms with Gasteiger partial charge in [-0.15, -0.1) is 5.10 Å². The highest BCUT2D eigenvalue weighted by atomic mass is 15.3. The van der Waals surface area contributed by atoms with Crippen molar-refractivity contribution in [1.29, 1.82) is 0 Å². The van der Waals surface area contributed by atoms with E-state index in [1.54, 1.807) is 16.8 Å². The van der Waals surface area contributed by atoms with Crippen molar-refractivity contribution in [3.63, 3.8) is 0 Å². The smallest absolute Gasteiger partial charge is 0.220 e. The summed E-state index contributed by atoms with van der Waals surface area (Å²) in [6, 6.07) is 1.75. The van der Waals surface area contributed by atoms with Crippen molar-refractivity contribution in [1.82, 2.24) is 19.6 Å². The summed E-state index contributed by atoms with van der Waals surface area (Å²) in [5.41, 5.74) is 0. The summed E-state index contributed by atoms with van der Waals surface area (Å²) in [6.07, 6.45) is 9.72. The van der Waals surface area contributed by atoms with Crippen LogP contribution >= 0.6 is 0 Å². The first-order valence-electron chi connectivity index (χ1n) is 5.03. The number of hydrogen-bond acceptors (Lipinski definition) is 3. The minimum Gasteiger partial charge on any atom is -0.220 e. The van der Waals surface area contributed by atoms with E-state index in [0.717, 1.165) is 5.82 Å². The molecule has 4 heteroatoms. The zero-order chi connectivity index (χ0) is 9.38. The lowest BCUT2D eigenvalue weighted by Gasteiger charge is -1.99. The van der Waals surface area contributed by atoms with E-state index in [4.69, 9.17) is 0 Å². The Morgan fingerprint density at radius 2 is 2.21 bits per heavy atom. The van der Waals surface area contributed by atoms with Gasteiger partial charge in [0.15, 0.2) is 5.82 Å². The van der Waals surface area contributed by atoms with E-state index in [-0.39, 0.29) is 0 Å². The molecule has 14 heavy (non-hydrogen) atoms. The molecule has 1 fully saturated rings. The van der Waals surface area contributed by atoms with Crippen LogP contribution in [0.15, 0.2) is 12.3 Å². The third kappa shape index (κ3) is 1.18. The number of aromatic nitrogens is 4. The third-order valence-corrected chi connectivity index (χ3v) is 2.79. The summed E-state index contributed by atoms with van der Waals surface area (Å²) in [7, 11) is 0. The highest BCUT2D eigenvalue weighted by Gasteiger charge is 2.21. The molecule has 71 valence electrons. The number of rotatable bonds is 1. The summed E-state index contributed by atoms with van der Waals surface area (Å²) >= 11 is 0. The molecular weight excluding hydrogens is 176 g/mol. The lowest BCUT2D eigenvalue weighted by atomic mass is 10.1. The van der Waals surface area contributed by atoms with Crippen LogP contribution in [0.3, 0.4) is 0 Å². The van der Waals surface area contributed by atoms with E-state index in [1.165, 1.54) is 25.7 Å². The molecule has 0 unspecified atom stereocenters. The van der Waals surface area contributed by atoms with Crippen LogP contribution < -0.4 is 0 Å². The van der Waals surface area contributed by atoms with Gasteiger partial charge in [0, 0.05) is 12.1 Å². The lowest BCUT2D eigenvalue weighted by molar-refractivity contribution is 0.665. The predicted octanol–water partition coefficient (Wildman–Crippen LogP) is 1.58. The molecule has 3 rings (SSSR count). The number of nitrogens with zero attached hydrogens (tertiary/aromatic N) is 4. The first-order chi connectivity index (χ1) is 6.93. The third-order valence-electron chi connectivity index (χ3n) is 2.79. The van der Waals surface area contributed by atoms with E-state index in [9.17, 15) is 0 Å². The first kappa shape index (κ1) is 7.91. The van der Waals surface area contributed by atoms with E-state index in [2.05, 4.69) is 21.3 Å². The Balaban J connectivity index is 2.05. The zero-order valence-electron chi connectivity index (χ0n) is 7.85. The van der Waals surface area contributed by atoms with E-state index >= 15 is 0 Å².